The van der Waals surface area contributed by atoms with E-state index in [4.69, 9.17) is 10.5 Å². The van der Waals surface area contributed by atoms with E-state index in [0.717, 1.165) is 36.8 Å². The zero-order chi connectivity index (χ0) is 12.7. The Balaban J connectivity index is 1.86. The summed E-state index contributed by atoms with van der Waals surface area (Å²) in [7, 11) is 0. The van der Waals surface area contributed by atoms with Gasteiger partial charge in [-0.05, 0) is 12.1 Å². The van der Waals surface area contributed by atoms with Crippen molar-refractivity contribution in [3.8, 4) is 5.75 Å². The lowest BCUT2D eigenvalue weighted by atomic mass is 10.1. The van der Waals surface area contributed by atoms with Crippen molar-refractivity contribution in [2.75, 3.05) is 36.9 Å². The summed E-state index contributed by atoms with van der Waals surface area (Å²) in [5, 5.41) is 0. The van der Waals surface area contributed by atoms with Crippen LogP contribution in [-0.2, 0) is 4.79 Å². The molecule has 2 heterocycles. The van der Waals surface area contributed by atoms with Gasteiger partial charge in [0.25, 0.3) is 0 Å². The molecular formula is C13H17N3O2. The molecule has 5 heteroatoms. The van der Waals surface area contributed by atoms with E-state index in [-0.39, 0.29) is 11.9 Å². The molecule has 5 nitrogen and oxygen atoms in total. The van der Waals surface area contributed by atoms with Crippen LogP contribution in [0.25, 0.3) is 0 Å². The summed E-state index contributed by atoms with van der Waals surface area (Å²) in [6.45, 7) is 4.59. The Morgan fingerprint density at radius 2 is 2.28 bits per heavy atom. The predicted molar refractivity (Wildman–Crippen MR) is 69.7 cm³/mol. The molecular weight excluding hydrogens is 230 g/mol. The molecule has 0 saturated carbocycles. The molecule has 0 radical (unpaired) electrons. The molecule has 1 fully saturated rings. The Hall–Kier alpha value is -1.91. The van der Waals surface area contributed by atoms with Crippen LogP contribution < -0.4 is 15.4 Å². The van der Waals surface area contributed by atoms with Crippen LogP contribution in [0.2, 0.25) is 0 Å². The van der Waals surface area contributed by atoms with Crippen LogP contribution in [0, 0.1) is 0 Å². The van der Waals surface area contributed by atoms with E-state index in [1.165, 1.54) is 0 Å². The van der Waals surface area contributed by atoms with Gasteiger partial charge in [0.05, 0.1) is 11.7 Å². The number of ether oxygens (including phenoxy) is 1. The number of benzene rings is 1. The van der Waals surface area contributed by atoms with E-state index in [9.17, 15) is 4.79 Å². The van der Waals surface area contributed by atoms with Crippen molar-refractivity contribution in [1.82, 2.24) is 4.90 Å². The fourth-order valence-corrected chi connectivity index (χ4v) is 2.67. The van der Waals surface area contributed by atoms with E-state index < -0.39 is 0 Å². The monoisotopic (exact) mass is 247 g/mol. The molecule has 2 aliphatic heterocycles. The van der Waals surface area contributed by atoms with Gasteiger partial charge in [0, 0.05) is 38.3 Å². The number of carbonyl (C=O) groups excluding carboxylic acids is 1. The van der Waals surface area contributed by atoms with Gasteiger partial charge in [0.2, 0.25) is 5.91 Å². The molecule has 0 unspecified atom stereocenters. The molecule has 1 atom stereocenters. The highest BCUT2D eigenvalue weighted by Crippen LogP contribution is 2.36. The van der Waals surface area contributed by atoms with Gasteiger partial charge in [0.1, 0.15) is 12.4 Å². The lowest BCUT2D eigenvalue weighted by molar-refractivity contribution is -0.129. The van der Waals surface area contributed by atoms with E-state index in [1.54, 1.807) is 6.92 Å². The van der Waals surface area contributed by atoms with Crippen molar-refractivity contribution >= 4 is 17.3 Å². The molecule has 0 spiro atoms. The molecule has 1 amide bonds. The van der Waals surface area contributed by atoms with E-state index in [0.29, 0.717) is 6.61 Å². The van der Waals surface area contributed by atoms with Gasteiger partial charge in [-0.15, -0.1) is 0 Å². The number of hydrogen-bond donors (Lipinski definition) is 1. The second kappa shape index (κ2) is 4.08. The first-order chi connectivity index (χ1) is 8.65. The van der Waals surface area contributed by atoms with Crippen molar-refractivity contribution in [3.05, 3.63) is 18.2 Å². The number of fused-ring (bicyclic) bond motifs is 3. The average molecular weight is 247 g/mol. The topological polar surface area (TPSA) is 58.8 Å². The molecule has 0 bridgehead atoms. The predicted octanol–water partition coefficient (Wildman–Crippen LogP) is 0.698. The fourth-order valence-electron chi connectivity index (χ4n) is 2.67. The minimum absolute atomic E-state index is 0.137. The number of nitrogens with zero attached hydrogens (tertiary/aromatic N) is 2. The first-order valence-corrected chi connectivity index (χ1v) is 6.19. The summed E-state index contributed by atoms with van der Waals surface area (Å²) in [4.78, 5) is 15.6. The van der Waals surface area contributed by atoms with Crippen molar-refractivity contribution in [2.24, 2.45) is 0 Å². The van der Waals surface area contributed by atoms with Crippen molar-refractivity contribution < 1.29 is 9.53 Å². The van der Waals surface area contributed by atoms with Crippen LogP contribution >= 0.6 is 0 Å². The maximum atomic E-state index is 11.4. The van der Waals surface area contributed by atoms with Crippen LogP contribution in [0.3, 0.4) is 0 Å². The molecule has 3 rings (SSSR count). The smallest absolute Gasteiger partial charge is 0.219 e. The second-order valence-corrected chi connectivity index (χ2v) is 4.85. The third kappa shape index (κ3) is 1.75. The molecule has 1 aromatic rings. The van der Waals surface area contributed by atoms with E-state index >= 15 is 0 Å². The standard InChI is InChI=1S/C13H17N3O2/c1-9(17)15-4-5-16-11(7-15)8-18-13-6-10(14)2-3-12(13)16/h2-3,6,11H,4-5,7-8,14H2,1H3/t11-/m1/s1. The molecule has 2 aliphatic rings. The van der Waals surface area contributed by atoms with Gasteiger partial charge in [-0.3, -0.25) is 4.79 Å². The fraction of sp³-hybridized carbons (Fsp3) is 0.462. The maximum absolute atomic E-state index is 11.4. The number of amides is 1. The first kappa shape index (κ1) is 11.2. The number of anilines is 2. The van der Waals surface area contributed by atoms with Gasteiger partial charge < -0.3 is 20.3 Å². The summed E-state index contributed by atoms with van der Waals surface area (Å²) < 4.78 is 5.74. The van der Waals surface area contributed by atoms with Crippen LogP contribution in [0.15, 0.2) is 18.2 Å². The molecule has 18 heavy (non-hydrogen) atoms. The van der Waals surface area contributed by atoms with Crippen LogP contribution in [-0.4, -0.2) is 43.1 Å². The van der Waals surface area contributed by atoms with Gasteiger partial charge >= 0.3 is 0 Å². The van der Waals surface area contributed by atoms with E-state index in [1.807, 2.05) is 23.1 Å². The third-order valence-corrected chi connectivity index (χ3v) is 3.65. The Bertz CT molecular complexity index is 489. The summed E-state index contributed by atoms with van der Waals surface area (Å²) in [5.74, 6) is 0.986. The average Bonchev–Trinajstić information content (AvgIpc) is 2.37. The first-order valence-electron chi connectivity index (χ1n) is 6.19. The number of rotatable bonds is 0. The van der Waals surface area contributed by atoms with Crippen LogP contribution in [0.5, 0.6) is 5.75 Å². The minimum Gasteiger partial charge on any atom is -0.489 e. The highest BCUT2D eigenvalue weighted by Gasteiger charge is 2.33. The minimum atomic E-state index is 0.137. The quantitative estimate of drug-likeness (QED) is 0.686. The lowest BCUT2D eigenvalue weighted by Gasteiger charge is -2.45. The number of piperazine rings is 1. The molecule has 1 saturated heterocycles. The molecule has 0 aliphatic carbocycles. The van der Waals surface area contributed by atoms with Gasteiger partial charge in [0.15, 0.2) is 0 Å². The zero-order valence-electron chi connectivity index (χ0n) is 10.4. The largest absolute Gasteiger partial charge is 0.489 e. The van der Waals surface area contributed by atoms with E-state index in [2.05, 4.69) is 4.90 Å². The number of hydrogen-bond acceptors (Lipinski definition) is 4. The van der Waals surface area contributed by atoms with Gasteiger partial charge in [-0.25, -0.2) is 0 Å². The Kier molecular flexibility index (Phi) is 2.54. The Morgan fingerprint density at radius 3 is 3.06 bits per heavy atom. The summed E-state index contributed by atoms with van der Waals surface area (Å²) in [6.07, 6.45) is 0. The summed E-state index contributed by atoms with van der Waals surface area (Å²) >= 11 is 0. The highest BCUT2D eigenvalue weighted by molar-refractivity contribution is 5.74. The maximum Gasteiger partial charge on any atom is 0.219 e. The second-order valence-electron chi connectivity index (χ2n) is 4.85. The SMILES string of the molecule is CC(=O)N1CCN2c3ccc(N)cc3OC[C@H]2C1. The van der Waals surface area contributed by atoms with Gasteiger partial charge in [-0.1, -0.05) is 0 Å². The molecule has 96 valence electrons. The molecule has 0 aromatic heterocycles. The zero-order valence-corrected chi connectivity index (χ0v) is 10.4. The van der Waals surface area contributed by atoms with Crippen molar-refractivity contribution in [2.45, 2.75) is 13.0 Å². The summed E-state index contributed by atoms with van der Waals surface area (Å²) in [5.41, 5.74) is 7.56. The van der Waals surface area contributed by atoms with Crippen molar-refractivity contribution in [3.63, 3.8) is 0 Å². The third-order valence-electron chi connectivity index (χ3n) is 3.65. The van der Waals surface area contributed by atoms with Crippen LogP contribution in [0.4, 0.5) is 11.4 Å². The highest BCUT2D eigenvalue weighted by atomic mass is 16.5. The molecule has 2 N–H and O–H groups in total. The number of carbonyl (C=O) groups is 1. The van der Waals surface area contributed by atoms with Crippen molar-refractivity contribution in [1.29, 1.82) is 0 Å². The van der Waals surface area contributed by atoms with Crippen LogP contribution in [0.1, 0.15) is 6.92 Å². The lowest BCUT2D eigenvalue weighted by Crippen LogP contribution is -2.58. The summed E-state index contributed by atoms with van der Waals surface area (Å²) in [6, 6.07) is 6.00. The number of nitrogens with two attached hydrogens (primary N) is 1. The Morgan fingerprint density at radius 1 is 1.44 bits per heavy atom. The Labute approximate surface area is 106 Å². The van der Waals surface area contributed by atoms with Gasteiger partial charge in [-0.2, -0.15) is 0 Å². The normalized spacial score (nSPS) is 21.9. The molecule has 1 aromatic carbocycles. The number of nitrogen functional groups attached to an aromatic ring is 1.